The molecule has 5 heteroatoms. The van der Waals surface area contributed by atoms with Gasteiger partial charge >= 0.3 is 0 Å². The molecule has 0 aromatic carbocycles. The van der Waals surface area contributed by atoms with Crippen molar-refractivity contribution in [1.29, 1.82) is 0 Å². The Bertz CT molecular complexity index is 467. The fourth-order valence-corrected chi connectivity index (χ4v) is 3.00. The average Bonchev–Trinajstić information content (AvgIpc) is 2.39. The highest BCUT2D eigenvalue weighted by atomic mass is 35.5. The molecule has 2 unspecified atom stereocenters. The predicted octanol–water partition coefficient (Wildman–Crippen LogP) is 2.41. The number of carbonyl (C=O) groups is 1. The average molecular weight is 283 g/mol. The van der Waals surface area contributed by atoms with Gasteiger partial charge in [0, 0.05) is 12.4 Å². The fourth-order valence-electron chi connectivity index (χ4n) is 2.81. The summed E-state index contributed by atoms with van der Waals surface area (Å²) in [6.07, 6.45) is 6.76. The summed E-state index contributed by atoms with van der Waals surface area (Å²) in [5.41, 5.74) is -0.163. The van der Waals surface area contributed by atoms with Crippen LogP contribution in [-0.2, 0) is 0 Å². The van der Waals surface area contributed by atoms with Gasteiger partial charge < -0.3 is 10.4 Å². The predicted molar refractivity (Wildman–Crippen MR) is 74.2 cm³/mol. The molecule has 1 saturated carbocycles. The summed E-state index contributed by atoms with van der Waals surface area (Å²) in [6, 6.07) is 1.59. The van der Waals surface area contributed by atoms with E-state index in [2.05, 4.69) is 17.2 Å². The van der Waals surface area contributed by atoms with Crippen LogP contribution in [0.4, 0.5) is 0 Å². The molecule has 0 bridgehead atoms. The highest BCUT2D eigenvalue weighted by Crippen LogP contribution is 2.32. The molecule has 1 aliphatic rings. The van der Waals surface area contributed by atoms with Gasteiger partial charge in [-0.2, -0.15) is 0 Å². The summed E-state index contributed by atoms with van der Waals surface area (Å²) in [5.74, 6) is 0.242. The first kappa shape index (κ1) is 14.3. The Kier molecular flexibility index (Phi) is 4.42. The molecule has 1 amide bonds. The molecular weight excluding hydrogens is 264 g/mol. The quantitative estimate of drug-likeness (QED) is 0.895. The maximum Gasteiger partial charge on any atom is 0.254 e. The number of hydrogen-bond donors (Lipinski definition) is 2. The van der Waals surface area contributed by atoms with Gasteiger partial charge in [-0.1, -0.05) is 31.4 Å². The van der Waals surface area contributed by atoms with Gasteiger partial charge in [-0.25, -0.2) is 0 Å². The number of nitrogens with zero attached hydrogens (tertiary/aromatic N) is 1. The van der Waals surface area contributed by atoms with E-state index in [0.717, 1.165) is 25.7 Å². The molecular formula is C14H19ClN2O2. The number of aliphatic hydroxyl groups excluding tert-OH is 1. The number of halogens is 1. The second-order valence-electron chi connectivity index (χ2n) is 5.45. The maximum absolute atomic E-state index is 12.3. The number of pyridine rings is 1. The zero-order valence-corrected chi connectivity index (χ0v) is 11.8. The van der Waals surface area contributed by atoms with Gasteiger partial charge in [-0.05, 0) is 24.8 Å². The third-order valence-corrected chi connectivity index (χ3v) is 4.11. The monoisotopic (exact) mass is 282 g/mol. The largest absolute Gasteiger partial charge is 0.394 e. The molecule has 104 valence electrons. The molecule has 2 rings (SSSR count). The minimum Gasteiger partial charge on any atom is -0.394 e. The summed E-state index contributed by atoms with van der Waals surface area (Å²) in [6.45, 7) is 2.10. The molecule has 4 nitrogen and oxygen atoms in total. The van der Waals surface area contributed by atoms with E-state index in [1.807, 2.05) is 0 Å². The van der Waals surface area contributed by atoms with Crippen LogP contribution in [0.1, 0.15) is 43.0 Å². The van der Waals surface area contributed by atoms with E-state index >= 15 is 0 Å². The first-order valence-electron chi connectivity index (χ1n) is 6.59. The van der Waals surface area contributed by atoms with Crippen molar-refractivity contribution in [3.05, 3.63) is 29.0 Å². The second kappa shape index (κ2) is 5.88. The smallest absolute Gasteiger partial charge is 0.254 e. The number of nitrogens with one attached hydrogen (secondary N) is 1. The van der Waals surface area contributed by atoms with Gasteiger partial charge in [0.05, 0.1) is 22.7 Å². The standard InChI is InChI=1S/C14H19ClN2O2/c1-10-3-2-5-14(7-10,9-18)17-13(19)11-8-16-6-4-12(11)15/h4,6,8,10,18H,2-3,5,7,9H2,1H3,(H,17,19). The molecule has 1 fully saturated rings. The highest BCUT2D eigenvalue weighted by molar-refractivity contribution is 6.33. The van der Waals surface area contributed by atoms with Crippen LogP contribution >= 0.6 is 11.6 Å². The van der Waals surface area contributed by atoms with E-state index in [1.54, 1.807) is 12.3 Å². The normalized spacial score (nSPS) is 27.0. The van der Waals surface area contributed by atoms with Crippen molar-refractivity contribution in [1.82, 2.24) is 10.3 Å². The van der Waals surface area contributed by atoms with Crippen LogP contribution in [0.25, 0.3) is 0 Å². The number of aromatic nitrogens is 1. The minimum atomic E-state index is -0.520. The molecule has 19 heavy (non-hydrogen) atoms. The summed E-state index contributed by atoms with van der Waals surface area (Å²) in [7, 11) is 0. The number of hydrogen-bond acceptors (Lipinski definition) is 3. The summed E-state index contributed by atoms with van der Waals surface area (Å²) < 4.78 is 0. The third kappa shape index (κ3) is 3.25. The van der Waals surface area contributed by atoms with Gasteiger partial charge in [0.25, 0.3) is 5.91 Å². The van der Waals surface area contributed by atoms with Crippen molar-refractivity contribution in [2.45, 2.75) is 38.1 Å². The molecule has 1 aliphatic carbocycles. The topological polar surface area (TPSA) is 62.2 Å². The highest BCUT2D eigenvalue weighted by Gasteiger charge is 2.36. The number of aliphatic hydroxyl groups is 1. The molecule has 1 aromatic rings. The lowest BCUT2D eigenvalue weighted by Crippen LogP contribution is -2.53. The van der Waals surface area contributed by atoms with Gasteiger partial charge in [0.1, 0.15) is 0 Å². The Morgan fingerprint density at radius 2 is 2.47 bits per heavy atom. The first-order valence-corrected chi connectivity index (χ1v) is 6.97. The van der Waals surface area contributed by atoms with Crippen LogP contribution in [0, 0.1) is 5.92 Å². The Balaban J connectivity index is 2.14. The third-order valence-electron chi connectivity index (χ3n) is 3.79. The summed E-state index contributed by atoms with van der Waals surface area (Å²) >= 11 is 5.99. The SMILES string of the molecule is CC1CCCC(CO)(NC(=O)c2cnccc2Cl)C1. The van der Waals surface area contributed by atoms with E-state index in [0.29, 0.717) is 16.5 Å². The lowest BCUT2D eigenvalue weighted by molar-refractivity contribution is 0.0697. The summed E-state index contributed by atoms with van der Waals surface area (Å²) in [5, 5.41) is 13.0. The van der Waals surface area contributed by atoms with Crippen LogP contribution in [-0.4, -0.2) is 28.1 Å². The van der Waals surface area contributed by atoms with Crippen molar-refractivity contribution in [3.8, 4) is 0 Å². The van der Waals surface area contributed by atoms with Crippen LogP contribution in [0.15, 0.2) is 18.5 Å². The van der Waals surface area contributed by atoms with E-state index in [1.165, 1.54) is 6.20 Å². The summed E-state index contributed by atoms with van der Waals surface area (Å²) in [4.78, 5) is 16.2. The zero-order chi connectivity index (χ0) is 13.9. The zero-order valence-electron chi connectivity index (χ0n) is 11.0. The number of amides is 1. The van der Waals surface area contributed by atoms with E-state index in [-0.39, 0.29) is 12.5 Å². The molecule has 0 aliphatic heterocycles. The number of rotatable bonds is 3. The van der Waals surface area contributed by atoms with Crippen LogP contribution < -0.4 is 5.32 Å². The van der Waals surface area contributed by atoms with Crippen molar-refractivity contribution in [3.63, 3.8) is 0 Å². The lowest BCUT2D eigenvalue weighted by Gasteiger charge is -2.39. The van der Waals surface area contributed by atoms with Crippen LogP contribution in [0.2, 0.25) is 5.02 Å². The van der Waals surface area contributed by atoms with Gasteiger partial charge in [-0.15, -0.1) is 0 Å². The Hall–Kier alpha value is -1.13. The molecule has 1 heterocycles. The Morgan fingerprint density at radius 3 is 3.11 bits per heavy atom. The Labute approximate surface area is 118 Å². The van der Waals surface area contributed by atoms with Gasteiger partial charge in [0.2, 0.25) is 0 Å². The molecule has 2 atom stereocenters. The lowest BCUT2D eigenvalue weighted by atomic mass is 9.76. The van der Waals surface area contributed by atoms with Crippen molar-refractivity contribution in [2.24, 2.45) is 5.92 Å². The molecule has 1 aromatic heterocycles. The van der Waals surface area contributed by atoms with E-state index in [9.17, 15) is 9.90 Å². The van der Waals surface area contributed by atoms with Gasteiger partial charge in [-0.3, -0.25) is 9.78 Å². The maximum atomic E-state index is 12.3. The number of carbonyl (C=O) groups excluding carboxylic acids is 1. The molecule has 2 N–H and O–H groups in total. The van der Waals surface area contributed by atoms with Crippen molar-refractivity contribution >= 4 is 17.5 Å². The van der Waals surface area contributed by atoms with Crippen LogP contribution in [0.3, 0.4) is 0 Å². The molecule has 0 radical (unpaired) electrons. The van der Waals surface area contributed by atoms with Crippen molar-refractivity contribution < 1.29 is 9.90 Å². The van der Waals surface area contributed by atoms with Crippen molar-refractivity contribution in [2.75, 3.05) is 6.61 Å². The first-order chi connectivity index (χ1) is 9.06. The van der Waals surface area contributed by atoms with E-state index < -0.39 is 5.54 Å². The minimum absolute atomic E-state index is 0.0407. The van der Waals surface area contributed by atoms with E-state index in [4.69, 9.17) is 11.6 Å². The Morgan fingerprint density at radius 1 is 1.68 bits per heavy atom. The molecule has 0 spiro atoms. The van der Waals surface area contributed by atoms with Gasteiger partial charge in [0.15, 0.2) is 0 Å². The fraction of sp³-hybridized carbons (Fsp3) is 0.571. The van der Waals surface area contributed by atoms with Crippen LogP contribution in [0.5, 0.6) is 0 Å². The molecule has 0 saturated heterocycles. The second-order valence-corrected chi connectivity index (χ2v) is 5.86.